The average molecular weight is 474 g/mol. The molecule has 5 rings (SSSR count). The lowest BCUT2D eigenvalue weighted by Gasteiger charge is -2.38. The van der Waals surface area contributed by atoms with Crippen molar-refractivity contribution in [3.8, 4) is 5.75 Å². The molecule has 1 aromatic heterocycles. The van der Waals surface area contributed by atoms with Crippen LogP contribution in [0, 0.1) is 5.82 Å². The summed E-state index contributed by atoms with van der Waals surface area (Å²) in [6, 6.07) is 5.27. The van der Waals surface area contributed by atoms with E-state index in [9.17, 15) is 12.8 Å². The predicted molar refractivity (Wildman–Crippen MR) is 124 cm³/mol. The van der Waals surface area contributed by atoms with Crippen LogP contribution in [0.25, 0.3) is 0 Å². The minimum Gasteiger partial charge on any atom is -0.488 e. The van der Waals surface area contributed by atoms with Gasteiger partial charge in [0.1, 0.15) is 12.1 Å². The Bertz CT molecular complexity index is 1190. The molecule has 0 aliphatic carbocycles. The smallest absolute Gasteiger partial charge is 0.165 e. The van der Waals surface area contributed by atoms with Crippen LogP contribution in [0.3, 0.4) is 0 Å². The molecule has 33 heavy (non-hydrogen) atoms. The molecule has 176 valence electrons. The SMILES string of the molecule is CC(C)Oc1cc2c(cc1F)CN=C2c1cc(N2CCN(C3CCS(=O)(=O)C3)CC2)ncn1. The third kappa shape index (κ3) is 4.59. The number of piperazine rings is 1. The largest absolute Gasteiger partial charge is 0.488 e. The second-order valence-electron chi connectivity index (χ2n) is 9.11. The van der Waals surface area contributed by atoms with E-state index in [2.05, 4.69) is 24.8 Å². The number of aromatic nitrogens is 2. The van der Waals surface area contributed by atoms with Gasteiger partial charge in [-0.3, -0.25) is 9.89 Å². The first kappa shape index (κ1) is 22.2. The molecule has 8 nitrogen and oxygen atoms in total. The van der Waals surface area contributed by atoms with Crippen molar-refractivity contribution >= 4 is 21.4 Å². The maximum absolute atomic E-state index is 14.4. The second-order valence-corrected chi connectivity index (χ2v) is 11.3. The summed E-state index contributed by atoms with van der Waals surface area (Å²) >= 11 is 0. The van der Waals surface area contributed by atoms with Crippen molar-refractivity contribution in [1.29, 1.82) is 0 Å². The van der Waals surface area contributed by atoms with Crippen LogP contribution in [-0.4, -0.2) is 78.8 Å². The zero-order valence-electron chi connectivity index (χ0n) is 18.9. The summed E-state index contributed by atoms with van der Waals surface area (Å²) in [6.45, 7) is 7.29. The Balaban J connectivity index is 1.31. The van der Waals surface area contributed by atoms with E-state index in [4.69, 9.17) is 4.74 Å². The summed E-state index contributed by atoms with van der Waals surface area (Å²) in [5.74, 6) is 1.22. The van der Waals surface area contributed by atoms with Crippen LogP contribution in [0.4, 0.5) is 10.2 Å². The quantitative estimate of drug-likeness (QED) is 0.657. The van der Waals surface area contributed by atoms with Crippen molar-refractivity contribution < 1.29 is 17.5 Å². The van der Waals surface area contributed by atoms with Gasteiger partial charge in [-0.05, 0) is 38.0 Å². The number of fused-ring (bicyclic) bond motifs is 1. The number of nitrogens with zero attached hydrogens (tertiary/aromatic N) is 5. The van der Waals surface area contributed by atoms with Gasteiger partial charge in [-0.1, -0.05) is 0 Å². The molecule has 0 radical (unpaired) electrons. The summed E-state index contributed by atoms with van der Waals surface area (Å²) < 4.78 is 43.6. The Labute approximate surface area is 193 Å². The molecular formula is C23H28FN5O3S. The second kappa shape index (κ2) is 8.64. The van der Waals surface area contributed by atoms with E-state index < -0.39 is 9.84 Å². The van der Waals surface area contributed by atoms with Crippen LogP contribution in [0.15, 0.2) is 29.5 Å². The number of hydrogen-bond donors (Lipinski definition) is 0. The molecule has 3 aliphatic rings. The Morgan fingerprint density at radius 1 is 1.12 bits per heavy atom. The molecule has 2 fully saturated rings. The van der Waals surface area contributed by atoms with Gasteiger partial charge in [0.2, 0.25) is 0 Å². The van der Waals surface area contributed by atoms with E-state index in [1.807, 2.05) is 19.9 Å². The lowest BCUT2D eigenvalue weighted by molar-refractivity contribution is 0.200. The van der Waals surface area contributed by atoms with Crippen molar-refractivity contribution in [1.82, 2.24) is 14.9 Å². The highest BCUT2D eigenvalue weighted by Gasteiger charge is 2.34. The molecule has 10 heteroatoms. The van der Waals surface area contributed by atoms with E-state index in [0.717, 1.165) is 55.3 Å². The molecule has 1 unspecified atom stereocenters. The monoisotopic (exact) mass is 473 g/mol. The van der Waals surface area contributed by atoms with Crippen molar-refractivity contribution in [2.24, 2.45) is 4.99 Å². The Morgan fingerprint density at radius 2 is 1.91 bits per heavy atom. The number of ether oxygens (including phenoxy) is 1. The van der Waals surface area contributed by atoms with Crippen LogP contribution < -0.4 is 9.64 Å². The van der Waals surface area contributed by atoms with E-state index in [1.54, 1.807) is 6.07 Å². The minimum absolute atomic E-state index is 0.130. The lowest BCUT2D eigenvalue weighted by Crippen LogP contribution is -2.51. The summed E-state index contributed by atoms with van der Waals surface area (Å²) in [6.07, 6.45) is 2.13. The van der Waals surface area contributed by atoms with Gasteiger partial charge in [-0.25, -0.2) is 22.8 Å². The molecule has 2 saturated heterocycles. The lowest BCUT2D eigenvalue weighted by atomic mass is 10.0. The Hall–Kier alpha value is -2.59. The van der Waals surface area contributed by atoms with Crippen LogP contribution >= 0.6 is 0 Å². The molecule has 4 heterocycles. The van der Waals surface area contributed by atoms with Gasteiger partial charge in [-0.15, -0.1) is 0 Å². The highest BCUT2D eigenvalue weighted by molar-refractivity contribution is 7.91. The van der Waals surface area contributed by atoms with Gasteiger partial charge in [0.15, 0.2) is 21.4 Å². The molecule has 0 spiro atoms. The number of sulfone groups is 1. The summed E-state index contributed by atoms with van der Waals surface area (Å²) in [7, 11) is -2.88. The van der Waals surface area contributed by atoms with E-state index in [-0.39, 0.29) is 29.5 Å². The van der Waals surface area contributed by atoms with Crippen molar-refractivity contribution in [3.63, 3.8) is 0 Å². The zero-order chi connectivity index (χ0) is 23.2. The Morgan fingerprint density at radius 3 is 2.61 bits per heavy atom. The van der Waals surface area contributed by atoms with Crippen LogP contribution in [0.5, 0.6) is 5.75 Å². The van der Waals surface area contributed by atoms with Crippen molar-refractivity contribution in [2.45, 2.75) is 39.0 Å². The fraction of sp³-hybridized carbons (Fsp3) is 0.522. The van der Waals surface area contributed by atoms with Gasteiger partial charge in [-0.2, -0.15) is 0 Å². The first-order chi connectivity index (χ1) is 15.8. The highest BCUT2D eigenvalue weighted by atomic mass is 32.2. The van der Waals surface area contributed by atoms with Gasteiger partial charge < -0.3 is 9.64 Å². The number of anilines is 1. The third-order valence-electron chi connectivity index (χ3n) is 6.44. The zero-order valence-corrected chi connectivity index (χ0v) is 19.7. The molecule has 0 N–H and O–H groups in total. The van der Waals surface area contributed by atoms with Gasteiger partial charge in [0.05, 0.1) is 35.6 Å². The number of rotatable bonds is 5. The van der Waals surface area contributed by atoms with Gasteiger partial charge in [0.25, 0.3) is 0 Å². The molecule has 0 bridgehead atoms. The molecule has 0 amide bonds. The number of hydrogen-bond acceptors (Lipinski definition) is 8. The minimum atomic E-state index is -2.88. The van der Waals surface area contributed by atoms with E-state index in [1.165, 1.54) is 12.4 Å². The summed E-state index contributed by atoms with van der Waals surface area (Å²) in [5.41, 5.74) is 3.07. The first-order valence-corrected chi connectivity index (χ1v) is 13.2. The fourth-order valence-corrected chi connectivity index (χ4v) is 6.55. The molecule has 3 aliphatic heterocycles. The fourth-order valence-electron chi connectivity index (χ4n) is 4.79. The van der Waals surface area contributed by atoms with Gasteiger partial charge >= 0.3 is 0 Å². The maximum atomic E-state index is 14.4. The van der Waals surface area contributed by atoms with Gasteiger partial charge in [0, 0.05) is 43.9 Å². The first-order valence-electron chi connectivity index (χ1n) is 11.3. The molecule has 0 saturated carbocycles. The molecule has 1 atom stereocenters. The van der Waals surface area contributed by atoms with Crippen molar-refractivity contribution in [3.05, 3.63) is 47.2 Å². The Kier molecular flexibility index (Phi) is 5.82. The highest BCUT2D eigenvalue weighted by Crippen LogP contribution is 2.30. The van der Waals surface area contributed by atoms with Crippen LogP contribution in [-0.2, 0) is 16.4 Å². The van der Waals surface area contributed by atoms with Crippen molar-refractivity contribution in [2.75, 3.05) is 42.6 Å². The van der Waals surface area contributed by atoms with Crippen LogP contribution in [0.2, 0.25) is 0 Å². The molecule has 1 aromatic carbocycles. The maximum Gasteiger partial charge on any atom is 0.165 e. The van der Waals surface area contributed by atoms with E-state index >= 15 is 0 Å². The third-order valence-corrected chi connectivity index (χ3v) is 8.19. The summed E-state index contributed by atoms with van der Waals surface area (Å²) in [5, 5.41) is 0. The summed E-state index contributed by atoms with van der Waals surface area (Å²) in [4.78, 5) is 18.0. The standard InChI is InChI=1S/C23H28FN5O3S/c1-15(2)32-21-10-18-16(9-19(21)24)12-25-23(18)20-11-22(27-14-26-20)29-6-4-28(5-7-29)17-3-8-33(30,31)13-17/h9-11,14-15,17H,3-8,12-13H2,1-2H3. The number of aliphatic imine (C=N–C) groups is 1. The molecular weight excluding hydrogens is 445 g/mol. The van der Waals surface area contributed by atoms with E-state index in [0.29, 0.717) is 18.0 Å². The number of halogens is 1. The number of benzene rings is 1. The topological polar surface area (TPSA) is 88.0 Å². The predicted octanol–water partition coefficient (Wildman–Crippen LogP) is 2.06. The van der Waals surface area contributed by atoms with Crippen LogP contribution in [0.1, 0.15) is 37.1 Å². The normalized spacial score (nSPS) is 22.5. The average Bonchev–Trinajstić information content (AvgIpc) is 3.36. The molecule has 2 aromatic rings.